The Hall–Kier alpha value is -2.89. The highest BCUT2D eigenvalue weighted by Crippen LogP contribution is 2.31. The number of nitro groups is 1. The van der Waals surface area contributed by atoms with Crippen molar-refractivity contribution in [2.45, 2.75) is 13.8 Å². The first-order chi connectivity index (χ1) is 9.99. The van der Waals surface area contributed by atoms with Crippen LogP contribution in [0, 0.1) is 24.0 Å². The van der Waals surface area contributed by atoms with Gasteiger partial charge in [0.05, 0.1) is 16.0 Å². The lowest BCUT2D eigenvalue weighted by atomic mass is 10.1. The van der Waals surface area contributed by atoms with Gasteiger partial charge in [-0.3, -0.25) is 14.7 Å². The Kier molecular flexibility index (Phi) is 2.86. The van der Waals surface area contributed by atoms with Crippen molar-refractivity contribution >= 4 is 22.4 Å². The van der Waals surface area contributed by atoms with E-state index in [0.29, 0.717) is 5.69 Å². The molecule has 0 fully saturated rings. The van der Waals surface area contributed by atoms with Crippen molar-refractivity contribution in [1.82, 2.24) is 9.55 Å². The summed E-state index contributed by atoms with van der Waals surface area (Å²) in [6, 6.07) is 8.84. The second-order valence-corrected chi connectivity index (χ2v) is 5.01. The van der Waals surface area contributed by atoms with Gasteiger partial charge in [-0.15, -0.1) is 0 Å². The first-order valence-corrected chi connectivity index (χ1v) is 6.46. The zero-order chi connectivity index (χ0) is 15.1. The highest BCUT2D eigenvalue weighted by molar-refractivity contribution is 5.81. The van der Waals surface area contributed by atoms with Crippen LogP contribution in [0.2, 0.25) is 0 Å². The third-order valence-corrected chi connectivity index (χ3v) is 3.65. The summed E-state index contributed by atoms with van der Waals surface area (Å²) >= 11 is 0. The third-order valence-electron chi connectivity index (χ3n) is 3.65. The van der Waals surface area contributed by atoms with E-state index in [2.05, 4.69) is 4.98 Å². The minimum atomic E-state index is -0.461. The Labute approximate surface area is 121 Å². The first kappa shape index (κ1) is 13.1. The number of fused-ring (bicyclic) bond motifs is 1. The molecule has 6 nitrogen and oxygen atoms in total. The summed E-state index contributed by atoms with van der Waals surface area (Å²) in [5.74, 6) is 0. The lowest BCUT2D eigenvalue weighted by Crippen LogP contribution is -2.02. The summed E-state index contributed by atoms with van der Waals surface area (Å²) in [6.45, 7) is 4.01. The van der Waals surface area contributed by atoms with Crippen molar-refractivity contribution in [3.63, 3.8) is 0 Å². The van der Waals surface area contributed by atoms with E-state index in [0.717, 1.165) is 22.2 Å². The number of hydrogen-bond acceptors (Lipinski definition) is 4. The normalized spacial score (nSPS) is 11.0. The molecule has 0 atom stereocenters. The molecule has 0 unspecified atom stereocenters. The quantitative estimate of drug-likeness (QED) is 0.444. The van der Waals surface area contributed by atoms with Crippen LogP contribution in [0.15, 0.2) is 36.7 Å². The largest absolute Gasteiger partial charge is 0.393 e. The fourth-order valence-corrected chi connectivity index (χ4v) is 2.40. The number of imidazole rings is 1. The lowest BCUT2D eigenvalue weighted by Gasteiger charge is -2.08. The predicted molar refractivity (Wildman–Crippen MR) is 81.6 cm³/mol. The number of aromatic nitrogens is 2. The number of hydrogen-bond donors (Lipinski definition) is 1. The minimum absolute atomic E-state index is 0.102. The van der Waals surface area contributed by atoms with Crippen LogP contribution in [0.1, 0.15) is 11.1 Å². The van der Waals surface area contributed by atoms with Gasteiger partial charge in [-0.25, -0.2) is 4.98 Å². The number of nitro benzene ring substituents is 1. The van der Waals surface area contributed by atoms with Crippen LogP contribution in [-0.4, -0.2) is 14.5 Å². The van der Waals surface area contributed by atoms with E-state index in [9.17, 15) is 10.1 Å². The van der Waals surface area contributed by atoms with Gasteiger partial charge in [-0.1, -0.05) is 6.07 Å². The van der Waals surface area contributed by atoms with Gasteiger partial charge in [0.25, 0.3) is 0 Å². The van der Waals surface area contributed by atoms with Gasteiger partial charge in [-0.2, -0.15) is 0 Å². The molecule has 3 aromatic rings. The summed E-state index contributed by atoms with van der Waals surface area (Å²) in [6.07, 6.45) is 1.59. The van der Waals surface area contributed by atoms with Crippen molar-refractivity contribution < 1.29 is 4.92 Å². The number of para-hydroxylation sites is 1. The molecule has 0 bridgehead atoms. The number of aryl methyl sites for hydroxylation is 2. The number of nitrogen functional groups attached to an aromatic ring is 1. The van der Waals surface area contributed by atoms with Gasteiger partial charge in [0.1, 0.15) is 17.7 Å². The first-order valence-electron chi connectivity index (χ1n) is 6.46. The Bertz CT molecular complexity index is 867. The summed E-state index contributed by atoms with van der Waals surface area (Å²) < 4.78 is 1.70. The SMILES string of the molecule is Cc1cc2ncn(-c3cccc(N)c3[N+](=O)[O-])c2cc1C. The van der Waals surface area contributed by atoms with Crippen molar-refractivity contribution in [2.24, 2.45) is 0 Å². The molecule has 0 aliphatic carbocycles. The summed E-state index contributed by atoms with van der Waals surface area (Å²) in [4.78, 5) is 15.2. The van der Waals surface area contributed by atoms with Crippen LogP contribution in [0.3, 0.4) is 0 Å². The van der Waals surface area contributed by atoms with Crippen LogP contribution < -0.4 is 5.73 Å². The van der Waals surface area contributed by atoms with E-state index < -0.39 is 4.92 Å². The molecule has 1 aromatic heterocycles. The molecule has 0 spiro atoms. The van der Waals surface area contributed by atoms with Gasteiger partial charge in [-0.05, 0) is 49.2 Å². The van der Waals surface area contributed by atoms with E-state index in [1.54, 1.807) is 23.0 Å². The maximum Gasteiger partial charge on any atom is 0.315 e. The number of rotatable bonds is 2. The monoisotopic (exact) mass is 282 g/mol. The second-order valence-electron chi connectivity index (χ2n) is 5.01. The summed E-state index contributed by atoms with van der Waals surface area (Å²) in [5.41, 5.74) is 10.1. The van der Waals surface area contributed by atoms with Crippen LogP contribution >= 0.6 is 0 Å². The molecule has 0 radical (unpaired) electrons. The van der Waals surface area contributed by atoms with Gasteiger partial charge < -0.3 is 5.73 Å². The van der Waals surface area contributed by atoms with Gasteiger partial charge in [0.2, 0.25) is 0 Å². The maximum absolute atomic E-state index is 11.3. The number of nitrogens with two attached hydrogens (primary N) is 1. The molecule has 2 aromatic carbocycles. The molecular weight excluding hydrogens is 268 g/mol. The molecule has 0 saturated carbocycles. The number of benzene rings is 2. The number of anilines is 1. The van der Waals surface area contributed by atoms with E-state index in [1.165, 1.54) is 6.07 Å². The summed E-state index contributed by atoms with van der Waals surface area (Å²) in [5, 5.41) is 11.3. The molecule has 0 aliphatic heterocycles. The Morgan fingerprint density at radius 3 is 2.67 bits per heavy atom. The van der Waals surface area contributed by atoms with E-state index in [1.807, 2.05) is 26.0 Å². The number of nitrogens with zero attached hydrogens (tertiary/aromatic N) is 3. The minimum Gasteiger partial charge on any atom is -0.393 e. The van der Waals surface area contributed by atoms with Gasteiger partial charge in [0, 0.05) is 0 Å². The van der Waals surface area contributed by atoms with Crippen LogP contribution in [0.5, 0.6) is 0 Å². The molecule has 0 aliphatic rings. The smallest absolute Gasteiger partial charge is 0.315 e. The maximum atomic E-state index is 11.3. The molecule has 0 saturated heterocycles. The Morgan fingerprint density at radius 2 is 1.95 bits per heavy atom. The molecule has 6 heteroatoms. The average Bonchev–Trinajstić information content (AvgIpc) is 2.81. The van der Waals surface area contributed by atoms with Crippen LogP contribution in [0.4, 0.5) is 11.4 Å². The van der Waals surface area contributed by atoms with E-state index in [4.69, 9.17) is 5.73 Å². The van der Waals surface area contributed by atoms with Crippen LogP contribution in [0.25, 0.3) is 16.7 Å². The highest BCUT2D eigenvalue weighted by atomic mass is 16.6. The molecule has 21 heavy (non-hydrogen) atoms. The lowest BCUT2D eigenvalue weighted by molar-refractivity contribution is -0.383. The van der Waals surface area contributed by atoms with Crippen LogP contribution in [-0.2, 0) is 0 Å². The Morgan fingerprint density at radius 1 is 1.24 bits per heavy atom. The molecule has 0 amide bonds. The topological polar surface area (TPSA) is 87.0 Å². The van der Waals surface area contributed by atoms with Gasteiger partial charge in [0.15, 0.2) is 0 Å². The third kappa shape index (κ3) is 2.01. The molecule has 2 N–H and O–H groups in total. The van der Waals surface area contributed by atoms with E-state index >= 15 is 0 Å². The van der Waals surface area contributed by atoms with Crippen molar-refractivity contribution in [1.29, 1.82) is 0 Å². The standard InChI is InChI=1S/C15H14N4O2/c1-9-6-12-14(7-10(9)2)18(8-17-12)13-5-3-4-11(16)15(13)19(20)21/h3-8H,16H2,1-2H3. The summed E-state index contributed by atoms with van der Waals surface area (Å²) in [7, 11) is 0. The van der Waals surface area contributed by atoms with Crippen molar-refractivity contribution in [3.8, 4) is 5.69 Å². The van der Waals surface area contributed by atoms with Crippen molar-refractivity contribution in [2.75, 3.05) is 5.73 Å². The zero-order valence-corrected chi connectivity index (χ0v) is 11.7. The van der Waals surface area contributed by atoms with Gasteiger partial charge >= 0.3 is 5.69 Å². The second kappa shape index (κ2) is 4.59. The predicted octanol–water partition coefficient (Wildman–Crippen LogP) is 3.13. The zero-order valence-electron chi connectivity index (χ0n) is 11.7. The average molecular weight is 282 g/mol. The molecule has 1 heterocycles. The molecule has 106 valence electrons. The molecule has 3 rings (SSSR count). The fourth-order valence-electron chi connectivity index (χ4n) is 2.40. The fraction of sp³-hybridized carbons (Fsp3) is 0.133. The molecular formula is C15H14N4O2. The van der Waals surface area contributed by atoms with E-state index in [-0.39, 0.29) is 11.4 Å². The van der Waals surface area contributed by atoms with Crippen molar-refractivity contribution in [3.05, 3.63) is 57.9 Å². The highest BCUT2D eigenvalue weighted by Gasteiger charge is 2.20. The Balaban J connectivity index is 2.34.